The van der Waals surface area contributed by atoms with Gasteiger partial charge in [0.15, 0.2) is 11.6 Å². The zero-order chi connectivity index (χ0) is 44.7. The second-order valence-corrected chi connectivity index (χ2v) is 12.5. The summed E-state index contributed by atoms with van der Waals surface area (Å²) < 4.78 is 128. The van der Waals surface area contributed by atoms with Gasteiger partial charge in [0.2, 0.25) is 23.3 Å². The SMILES string of the molecule is Cc1ccc(NC(=O)COCCOCCOCCOCCOCCOCCOCCOCCOCCOCCOCCOCCOCC(=O)Oc2c(F)c(F)cc(F)c2F)cc1. The number of carbonyl (C=O) groups excluding carboxylic acids is 2. The van der Waals surface area contributed by atoms with Crippen molar-refractivity contribution < 1.29 is 93.5 Å². The minimum atomic E-state index is -1.82. The number of benzene rings is 2. The Bertz CT molecular complexity index is 1410. The normalized spacial score (nSPS) is 11.4. The summed E-state index contributed by atoms with van der Waals surface area (Å²) in [6, 6.07) is 7.55. The van der Waals surface area contributed by atoms with Gasteiger partial charge in [-0.1, -0.05) is 17.7 Å². The first-order chi connectivity index (χ1) is 30.3. The Morgan fingerprint density at radius 1 is 0.419 bits per heavy atom. The van der Waals surface area contributed by atoms with Gasteiger partial charge in [-0.3, -0.25) is 4.79 Å². The number of hydrogen-bond donors (Lipinski definition) is 1. The molecule has 0 aliphatic heterocycles. The van der Waals surface area contributed by atoms with Crippen molar-refractivity contribution in [3.8, 4) is 5.75 Å². The molecule has 0 bridgehead atoms. The summed E-state index contributed by atoms with van der Waals surface area (Å²) in [7, 11) is 0. The van der Waals surface area contributed by atoms with Gasteiger partial charge in [-0.15, -0.1) is 0 Å². The maximum Gasteiger partial charge on any atom is 0.337 e. The number of rotatable bonds is 42. The van der Waals surface area contributed by atoms with Gasteiger partial charge in [0, 0.05) is 11.8 Å². The quantitative estimate of drug-likeness (QED) is 0.0338. The van der Waals surface area contributed by atoms with Gasteiger partial charge in [-0.2, -0.15) is 8.78 Å². The van der Waals surface area contributed by atoms with Gasteiger partial charge >= 0.3 is 5.97 Å². The van der Waals surface area contributed by atoms with E-state index >= 15 is 0 Å². The monoisotopic (exact) mass is 899 g/mol. The van der Waals surface area contributed by atoms with Gasteiger partial charge < -0.3 is 71.6 Å². The molecule has 0 spiro atoms. The van der Waals surface area contributed by atoms with Crippen LogP contribution in [-0.2, 0) is 71.2 Å². The van der Waals surface area contributed by atoms with Crippen LogP contribution in [0.3, 0.4) is 0 Å². The molecule has 2 rings (SSSR count). The van der Waals surface area contributed by atoms with Gasteiger partial charge in [0.05, 0.1) is 159 Å². The Morgan fingerprint density at radius 2 is 0.694 bits per heavy atom. The summed E-state index contributed by atoms with van der Waals surface area (Å²) in [4.78, 5) is 23.5. The maximum absolute atomic E-state index is 13.5. The summed E-state index contributed by atoms with van der Waals surface area (Å²) in [5.41, 5.74) is 1.86. The largest absolute Gasteiger partial charge is 0.418 e. The summed E-state index contributed by atoms with van der Waals surface area (Å²) in [5, 5.41) is 2.77. The fraction of sp³-hybridized carbons (Fsp3) is 0.659. The number of hydrogen-bond acceptors (Lipinski definition) is 16. The molecule has 1 N–H and O–H groups in total. The van der Waals surface area contributed by atoms with Gasteiger partial charge in [-0.05, 0) is 19.1 Å². The Morgan fingerprint density at radius 3 is 1.00 bits per heavy atom. The average Bonchev–Trinajstić information content (AvgIpc) is 3.26. The van der Waals surface area contributed by atoms with E-state index < -0.39 is 41.6 Å². The molecular formula is C41H61F4NO16. The number of carbonyl (C=O) groups is 2. The number of esters is 1. The van der Waals surface area contributed by atoms with E-state index in [0.717, 1.165) is 11.3 Å². The Kier molecular flexibility index (Phi) is 33.6. The lowest BCUT2D eigenvalue weighted by Gasteiger charge is -2.09. The molecule has 0 aliphatic rings. The van der Waals surface area contributed by atoms with Gasteiger partial charge in [0.25, 0.3) is 0 Å². The van der Waals surface area contributed by atoms with Crippen LogP contribution in [0.4, 0.5) is 23.2 Å². The van der Waals surface area contributed by atoms with Crippen LogP contribution in [0.15, 0.2) is 30.3 Å². The molecule has 0 radical (unpaired) electrons. The van der Waals surface area contributed by atoms with Crippen molar-refractivity contribution in [1.82, 2.24) is 0 Å². The third kappa shape index (κ3) is 29.8. The summed E-state index contributed by atoms with van der Waals surface area (Å²) in [6.07, 6.45) is 0. The highest BCUT2D eigenvalue weighted by Gasteiger charge is 2.23. The van der Waals surface area contributed by atoms with Gasteiger partial charge in [0.1, 0.15) is 13.2 Å². The minimum Gasteiger partial charge on any atom is -0.418 e. The van der Waals surface area contributed by atoms with E-state index in [1.54, 1.807) is 0 Å². The number of amides is 1. The summed E-state index contributed by atoms with van der Waals surface area (Å²) >= 11 is 0. The zero-order valence-corrected chi connectivity index (χ0v) is 35.3. The van der Waals surface area contributed by atoms with Crippen LogP contribution < -0.4 is 10.1 Å². The zero-order valence-electron chi connectivity index (χ0n) is 35.3. The topological polar surface area (TPSA) is 175 Å². The number of halogens is 4. The molecule has 62 heavy (non-hydrogen) atoms. The Balaban J connectivity index is 1.17. The second kappa shape index (κ2) is 38.1. The van der Waals surface area contributed by atoms with E-state index in [1.165, 1.54) is 0 Å². The molecule has 0 fully saturated rings. The molecule has 17 nitrogen and oxygen atoms in total. The van der Waals surface area contributed by atoms with Crippen molar-refractivity contribution in [3.63, 3.8) is 0 Å². The smallest absolute Gasteiger partial charge is 0.337 e. The fourth-order valence-corrected chi connectivity index (χ4v) is 4.48. The second-order valence-electron chi connectivity index (χ2n) is 12.5. The third-order valence-corrected chi connectivity index (χ3v) is 7.54. The highest BCUT2D eigenvalue weighted by Crippen LogP contribution is 2.26. The third-order valence-electron chi connectivity index (χ3n) is 7.54. The highest BCUT2D eigenvalue weighted by atomic mass is 19.2. The van der Waals surface area contributed by atoms with E-state index in [9.17, 15) is 27.2 Å². The van der Waals surface area contributed by atoms with Crippen LogP contribution >= 0.6 is 0 Å². The molecule has 0 aliphatic carbocycles. The van der Waals surface area contributed by atoms with Crippen molar-refractivity contribution in [2.45, 2.75) is 6.92 Å². The number of anilines is 1. The van der Waals surface area contributed by atoms with Gasteiger partial charge in [-0.25, -0.2) is 13.6 Å². The predicted molar refractivity (Wildman–Crippen MR) is 212 cm³/mol. The van der Waals surface area contributed by atoms with Crippen LogP contribution in [0.25, 0.3) is 0 Å². The maximum atomic E-state index is 13.5. The molecule has 0 saturated carbocycles. The predicted octanol–water partition coefficient (Wildman–Crippen LogP) is 3.31. The molecule has 0 aromatic heterocycles. The number of aryl methyl sites for hydroxylation is 1. The summed E-state index contributed by atoms with van der Waals surface area (Å²) in [5.74, 6) is -9.96. The first-order valence-corrected chi connectivity index (χ1v) is 20.2. The average molecular weight is 900 g/mol. The van der Waals surface area contributed by atoms with Crippen LogP contribution in [-0.4, -0.2) is 184 Å². The standard InChI is InChI=1S/C41H61F4NO16/c1-33-2-4-34(5-3-33)46-37(47)31-60-28-26-58-24-22-56-20-18-54-16-14-52-12-10-50-8-6-49-7-9-51-11-13-53-15-17-55-19-21-57-23-25-59-27-29-61-32-38(48)62-41-39(44)35(42)30-36(43)40(41)45/h2-5,30H,6-29,31-32H2,1H3,(H,46,47). The van der Waals surface area contributed by atoms with Crippen LogP contribution in [0, 0.1) is 30.2 Å². The van der Waals surface area contributed by atoms with Crippen molar-refractivity contribution in [2.24, 2.45) is 0 Å². The van der Waals surface area contributed by atoms with Crippen molar-refractivity contribution in [1.29, 1.82) is 0 Å². The molecule has 0 atom stereocenters. The van der Waals surface area contributed by atoms with Crippen molar-refractivity contribution >= 4 is 17.6 Å². The molecule has 21 heteroatoms. The summed E-state index contributed by atoms with van der Waals surface area (Å²) in [6.45, 7) is 10.1. The van der Waals surface area contributed by atoms with Crippen LogP contribution in [0.2, 0.25) is 0 Å². The van der Waals surface area contributed by atoms with Crippen molar-refractivity contribution in [2.75, 3.05) is 177 Å². The highest BCUT2D eigenvalue weighted by molar-refractivity contribution is 5.91. The van der Waals surface area contributed by atoms with E-state index in [-0.39, 0.29) is 45.0 Å². The van der Waals surface area contributed by atoms with Crippen molar-refractivity contribution in [3.05, 3.63) is 59.2 Å². The van der Waals surface area contributed by atoms with Crippen LogP contribution in [0.5, 0.6) is 5.75 Å². The Labute approximate surface area is 359 Å². The molecule has 354 valence electrons. The number of nitrogens with one attached hydrogen (secondary N) is 1. The first-order valence-electron chi connectivity index (χ1n) is 20.2. The molecule has 0 saturated heterocycles. The number of ether oxygens (including phenoxy) is 14. The lowest BCUT2D eigenvalue weighted by Crippen LogP contribution is -2.20. The van der Waals surface area contributed by atoms with E-state index in [4.69, 9.17) is 61.6 Å². The molecule has 2 aromatic carbocycles. The lowest BCUT2D eigenvalue weighted by molar-refractivity contribution is -0.140. The fourth-order valence-electron chi connectivity index (χ4n) is 4.48. The molecule has 0 unspecified atom stereocenters. The lowest BCUT2D eigenvalue weighted by atomic mass is 10.2. The van der Waals surface area contributed by atoms with Crippen LogP contribution in [0.1, 0.15) is 5.56 Å². The minimum absolute atomic E-state index is 0.00297. The molecule has 2 aromatic rings. The Hall–Kier alpha value is -3.42. The van der Waals surface area contributed by atoms with E-state index in [1.807, 2.05) is 31.2 Å². The first kappa shape index (κ1) is 54.7. The molecular weight excluding hydrogens is 838 g/mol. The van der Waals surface area contributed by atoms with E-state index in [2.05, 4.69) is 10.1 Å². The van der Waals surface area contributed by atoms with E-state index in [0.29, 0.717) is 132 Å². The molecule has 1 amide bonds. The molecule has 0 heterocycles.